The van der Waals surface area contributed by atoms with E-state index in [1.165, 1.54) is 51.4 Å². The van der Waals surface area contributed by atoms with Crippen LogP contribution in [0.4, 0.5) is 0 Å². The van der Waals surface area contributed by atoms with Gasteiger partial charge in [-0.25, -0.2) is 0 Å². The summed E-state index contributed by atoms with van der Waals surface area (Å²) in [5, 5.41) is 10.6. The zero-order valence-electron chi connectivity index (χ0n) is 17.1. The third-order valence-electron chi connectivity index (χ3n) is 9.64. The van der Waals surface area contributed by atoms with Crippen molar-refractivity contribution < 1.29 is 5.11 Å². The van der Waals surface area contributed by atoms with Crippen molar-refractivity contribution in [1.29, 1.82) is 0 Å². The van der Waals surface area contributed by atoms with Crippen LogP contribution in [0, 0.1) is 40.4 Å². The summed E-state index contributed by atoms with van der Waals surface area (Å²) < 4.78 is 0. The van der Waals surface area contributed by atoms with E-state index < -0.39 is 0 Å². The van der Waals surface area contributed by atoms with E-state index in [1.54, 1.807) is 0 Å². The fourth-order valence-corrected chi connectivity index (χ4v) is 7.96. The number of nitrogens with two attached hydrogens (primary N) is 1. The zero-order chi connectivity index (χ0) is 18.4. The Hall–Kier alpha value is -0.340. The average molecular weight is 360 g/mol. The third kappa shape index (κ3) is 3.00. The Labute approximate surface area is 161 Å². The fraction of sp³-hybridized carbons (Fsp3) is 0.917. The van der Waals surface area contributed by atoms with E-state index in [4.69, 9.17) is 5.73 Å². The molecule has 0 spiro atoms. The van der Waals surface area contributed by atoms with Gasteiger partial charge in [-0.3, -0.25) is 0 Å². The minimum Gasteiger partial charge on any atom is -0.393 e. The van der Waals surface area contributed by atoms with Gasteiger partial charge >= 0.3 is 0 Å². The Morgan fingerprint density at radius 1 is 0.962 bits per heavy atom. The van der Waals surface area contributed by atoms with Crippen molar-refractivity contribution in [2.75, 3.05) is 6.54 Å². The van der Waals surface area contributed by atoms with Crippen molar-refractivity contribution in [2.24, 2.45) is 46.2 Å². The summed E-state index contributed by atoms with van der Waals surface area (Å²) in [7, 11) is 0. The predicted octanol–water partition coefficient (Wildman–Crippen LogP) is 5.30. The molecule has 0 amide bonds. The van der Waals surface area contributed by atoms with Gasteiger partial charge < -0.3 is 10.8 Å². The largest absolute Gasteiger partial charge is 0.393 e. The zero-order valence-corrected chi connectivity index (χ0v) is 17.1. The van der Waals surface area contributed by atoms with Crippen molar-refractivity contribution >= 4 is 0 Å². The SMILES string of the molecule is C[C@]12CC[C@@H](C=CCCCN)CC1CCC1C2CC[C@@]2(C)C1CC[C@@H]2O. The van der Waals surface area contributed by atoms with E-state index in [0.29, 0.717) is 5.41 Å². The smallest absolute Gasteiger partial charge is 0.0596 e. The summed E-state index contributed by atoms with van der Waals surface area (Å²) in [4.78, 5) is 0. The first-order valence-corrected chi connectivity index (χ1v) is 11.5. The maximum Gasteiger partial charge on any atom is 0.0596 e. The number of allylic oxidation sites excluding steroid dienone is 2. The molecule has 148 valence electrons. The van der Waals surface area contributed by atoms with Crippen LogP contribution in [0.25, 0.3) is 0 Å². The summed E-state index contributed by atoms with van der Waals surface area (Å²) in [6.07, 6.45) is 19.3. The van der Waals surface area contributed by atoms with Crippen LogP contribution in [-0.4, -0.2) is 17.8 Å². The molecule has 0 heterocycles. The minimum atomic E-state index is -0.0339. The van der Waals surface area contributed by atoms with Gasteiger partial charge in [0.05, 0.1) is 6.10 Å². The number of aliphatic hydroxyl groups excluding tert-OH is 1. The minimum absolute atomic E-state index is 0.0339. The van der Waals surface area contributed by atoms with Crippen LogP contribution in [0.1, 0.15) is 84.5 Å². The van der Waals surface area contributed by atoms with Crippen LogP contribution in [0.5, 0.6) is 0 Å². The Kier molecular flexibility index (Phi) is 5.29. The molecule has 4 rings (SSSR count). The number of hydrogen-bond donors (Lipinski definition) is 2. The topological polar surface area (TPSA) is 46.2 Å². The van der Waals surface area contributed by atoms with Crippen molar-refractivity contribution in [2.45, 2.75) is 90.6 Å². The molecule has 4 aliphatic carbocycles. The second-order valence-electron chi connectivity index (χ2n) is 10.7. The van der Waals surface area contributed by atoms with Gasteiger partial charge in [-0.05, 0) is 118 Å². The molecule has 4 unspecified atom stereocenters. The lowest BCUT2D eigenvalue weighted by molar-refractivity contribution is -0.124. The second kappa shape index (κ2) is 7.24. The standard InChI is InChI=1S/C24H41NO/c1-23-13-11-17(6-4-3-5-15-25)16-18(23)7-8-19-20-9-10-22(26)24(20,2)14-12-21(19)23/h4,6,17-22,26H,3,5,7-16,25H2,1-2H3/t17-,18?,19?,20?,21?,22+,23+,24+/m1/s1. The highest BCUT2D eigenvalue weighted by Crippen LogP contribution is 2.66. The Bertz CT molecular complexity index is 530. The van der Waals surface area contributed by atoms with Crippen LogP contribution < -0.4 is 5.73 Å². The van der Waals surface area contributed by atoms with Crippen LogP contribution >= 0.6 is 0 Å². The lowest BCUT2D eigenvalue weighted by Crippen LogP contribution is -2.53. The summed E-state index contributed by atoms with van der Waals surface area (Å²) in [6, 6.07) is 0. The second-order valence-corrected chi connectivity index (χ2v) is 10.7. The van der Waals surface area contributed by atoms with Crippen LogP contribution in [0.15, 0.2) is 12.2 Å². The van der Waals surface area contributed by atoms with Crippen LogP contribution in [0.2, 0.25) is 0 Å². The van der Waals surface area contributed by atoms with Gasteiger partial charge in [-0.15, -0.1) is 0 Å². The first-order chi connectivity index (χ1) is 12.5. The van der Waals surface area contributed by atoms with Gasteiger partial charge in [-0.1, -0.05) is 26.0 Å². The van der Waals surface area contributed by atoms with E-state index in [0.717, 1.165) is 55.4 Å². The number of rotatable bonds is 4. The molecule has 0 aliphatic heterocycles. The number of unbranched alkanes of at least 4 members (excludes halogenated alkanes) is 1. The van der Waals surface area contributed by atoms with Crippen molar-refractivity contribution in [1.82, 2.24) is 0 Å². The Morgan fingerprint density at radius 2 is 1.73 bits per heavy atom. The molecule has 0 aromatic heterocycles. The molecule has 2 heteroatoms. The third-order valence-corrected chi connectivity index (χ3v) is 9.64. The van der Waals surface area contributed by atoms with E-state index >= 15 is 0 Å². The van der Waals surface area contributed by atoms with Gasteiger partial charge in [0.25, 0.3) is 0 Å². The fourth-order valence-electron chi connectivity index (χ4n) is 7.96. The Morgan fingerprint density at radius 3 is 2.54 bits per heavy atom. The molecule has 26 heavy (non-hydrogen) atoms. The van der Waals surface area contributed by atoms with Crippen molar-refractivity contribution in [3.8, 4) is 0 Å². The molecule has 4 aliphatic rings. The van der Waals surface area contributed by atoms with Gasteiger partial charge in [0.1, 0.15) is 0 Å². The van der Waals surface area contributed by atoms with Gasteiger partial charge in [0.2, 0.25) is 0 Å². The summed E-state index contributed by atoms with van der Waals surface area (Å²) in [5.74, 6) is 4.35. The van der Waals surface area contributed by atoms with Gasteiger partial charge in [0, 0.05) is 0 Å². The number of aliphatic hydroxyl groups is 1. The highest BCUT2D eigenvalue weighted by Gasteiger charge is 2.59. The molecule has 3 N–H and O–H groups in total. The van der Waals surface area contributed by atoms with Crippen molar-refractivity contribution in [3.63, 3.8) is 0 Å². The summed E-state index contributed by atoms with van der Waals surface area (Å²) >= 11 is 0. The lowest BCUT2D eigenvalue weighted by Gasteiger charge is -2.60. The monoisotopic (exact) mass is 359 g/mol. The molecular formula is C24H41NO. The van der Waals surface area contributed by atoms with Crippen LogP contribution in [-0.2, 0) is 0 Å². The first kappa shape index (κ1) is 19.0. The predicted molar refractivity (Wildman–Crippen MR) is 109 cm³/mol. The van der Waals surface area contributed by atoms with Gasteiger partial charge in [0.15, 0.2) is 0 Å². The first-order valence-electron chi connectivity index (χ1n) is 11.5. The summed E-state index contributed by atoms with van der Waals surface area (Å²) in [5.41, 5.74) is 6.42. The highest BCUT2D eigenvalue weighted by atomic mass is 16.3. The van der Waals surface area contributed by atoms with E-state index in [-0.39, 0.29) is 11.5 Å². The highest BCUT2D eigenvalue weighted by molar-refractivity contribution is 5.10. The van der Waals surface area contributed by atoms with Gasteiger partial charge in [-0.2, -0.15) is 0 Å². The van der Waals surface area contributed by atoms with Crippen molar-refractivity contribution in [3.05, 3.63) is 12.2 Å². The number of hydrogen-bond acceptors (Lipinski definition) is 2. The molecule has 4 fully saturated rings. The molecule has 0 aromatic rings. The molecule has 0 aromatic carbocycles. The number of fused-ring (bicyclic) bond motifs is 5. The Balaban J connectivity index is 1.45. The molecule has 0 bridgehead atoms. The molecule has 0 radical (unpaired) electrons. The maximum atomic E-state index is 10.6. The molecule has 2 nitrogen and oxygen atoms in total. The van der Waals surface area contributed by atoms with E-state index in [2.05, 4.69) is 26.0 Å². The normalized spacial score (nSPS) is 51.1. The molecular weight excluding hydrogens is 318 g/mol. The lowest BCUT2D eigenvalue weighted by atomic mass is 9.44. The summed E-state index contributed by atoms with van der Waals surface area (Å²) in [6.45, 7) is 5.87. The van der Waals surface area contributed by atoms with E-state index in [9.17, 15) is 5.11 Å². The molecule has 0 saturated heterocycles. The quantitative estimate of drug-likeness (QED) is 0.528. The maximum absolute atomic E-state index is 10.6. The van der Waals surface area contributed by atoms with E-state index in [1.807, 2.05) is 0 Å². The average Bonchev–Trinajstić information content (AvgIpc) is 2.94. The molecule has 4 saturated carbocycles. The van der Waals surface area contributed by atoms with Crippen LogP contribution in [0.3, 0.4) is 0 Å². The molecule has 8 atom stereocenters.